The average molecular weight is 448 g/mol. The number of ether oxygens (including phenoxy) is 2. The second-order valence-electron chi connectivity index (χ2n) is 8.50. The van der Waals surface area contributed by atoms with Crippen LogP contribution in [0.5, 0.6) is 5.75 Å². The molecule has 1 amide bonds. The number of carboxylic acids is 1. The van der Waals surface area contributed by atoms with E-state index in [0.29, 0.717) is 19.7 Å². The molecule has 32 heavy (non-hydrogen) atoms. The van der Waals surface area contributed by atoms with E-state index >= 15 is 0 Å². The number of nitrogens with zero attached hydrogens (tertiary/aromatic N) is 3. The molecular weight excluding hydrogens is 414 g/mol. The molecule has 1 aliphatic rings. The Morgan fingerprint density at radius 1 is 1.19 bits per heavy atom. The molecule has 0 radical (unpaired) electrons. The van der Waals surface area contributed by atoms with Gasteiger partial charge >= 0.3 is 12.1 Å². The zero-order valence-electron chi connectivity index (χ0n) is 19.0. The number of benzene rings is 1. The summed E-state index contributed by atoms with van der Waals surface area (Å²) >= 11 is 0. The van der Waals surface area contributed by atoms with Gasteiger partial charge in [0.2, 0.25) is 0 Å². The highest BCUT2D eigenvalue weighted by atomic mass is 16.6. The number of carbonyl (C=O) groups excluding carboxylic acids is 1. The number of hydrogen-bond acceptors (Lipinski definition) is 8. The second kappa shape index (κ2) is 12.0. The summed E-state index contributed by atoms with van der Waals surface area (Å²) in [6.45, 7) is 10.1. The van der Waals surface area contributed by atoms with Gasteiger partial charge in [0.15, 0.2) is 0 Å². The van der Waals surface area contributed by atoms with E-state index in [1.807, 2.05) is 45.0 Å². The Kier molecular flexibility index (Phi) is 9.45. The van der Waals surface area contributed by atoms with Gasteiger partial charge < -0.3 is 24.8 Å². The summed E-state index contributed by atoms with van der Waals surface area (Å²) in [5.74, 6) is -0.298. The summed E-state index contributed by atoms with van der Waals surface area (Å²) in [6.07, 6.45) is 1.72. The van der Waals surface area contributed by atoms with Gasteiger partial charge in [0, 0.05) is 44.6 Å². The van der Waals surface area contributed by atoms with Gasteiger partial charge in [-0.2, -0.15) is 5.11 Å². The number of nitrogens with one attached hydrogen (secondary N) is 2. The molecule has 10 heteroatoms. The summed E-state index contributed by atoms with van der Waals surface area (Å²) in [4.78, 5) is 26.9. The average Bonchev–Trinajstić information content (AvgIpc) is 2.74. The molecule has 0 aliphatic carbocycles. The number of rotatable bonds is 10. The second-order valence-corrected chi connectivity index (χ2v) is 8.50. The summed E-state index contributed by atoms with van der Waals surface area (Å²) < 4.78 is 11.2. The Balaban J connectivity index is 1.65. The van der Waals surface area contributed by atoms with Crippen molar-refractivity contribution in [2.45, 2.75) is 39.2 Å². The van der Waals surface area contributed by atoms with Crippen LogP contribution >= 0.6 is 0 Å². The first kappa shape index (κ1) is 25.1. The highest BCUT2D eigenvalue weighted by Crippen LogP contribution is 2.17. The predicted octanol–water partition coefficient (Wildman–Crippen LogP) is 3.77. The standard InChI is InChI=1S/C22H33N5O5/c1-22(2,3)32-21(30)27-12-10-26(11-13-27)9-4-14-31-19-7-5-17(6-8-19)24-16-18(25-23)15-20(28)29/h5-8,16,23-24H,4,9-15H2,1-3H3,(H,28,29)/b18-16-,25-23?. The minimum atomic E-state index is -1.04. The summed E-state index contributed by atoms with van der Waals surface area (Å²) in [7, 11) is 0. The Bertz CT molecular complexity index is 796. The van der Waals surface area contributed by atoms with Crippen LogP contribution in [0.15, 0.2) is 41.3 Å². The maximum atomic E-state index is 12.1. The van der Waals surface area contributed by atoms with Crippen LogP contribution in [0.3, 0.4) is 0 Å². The van der Waals surface area contributed by atoms with Crippen LogP contribution < -0.4 is 10.1 Å². The van der Waals surface area contributed by atoms with Crippen LogP contribution in [0.25, 0.3) is 0 Å². The Labute approximate surface area is 188 Å². The SMILES string of the molecule is CC(C)(C)OC(=O)N1CCN(CCCOc2ccc(N/C=C(/CC(=O)O)N=N)cc2)CC1. The topological polar surface area (TPSA) is 128 Å². The lowest BCUT2D eigenvalue weighted by molar-refractivity contribution is -0.136. The molecule has 0 unspecified atom stereocenters. The van der Waals surface area contributed by atoms with Crippen molar-refractivity contribution < 1.29 is 24.2 Å². The first-order valence-electron chi connectivity index (χ1n) is 10.6. The molecule has 1 aliphatic heterocycles. The quantitative estimate of drug-likeness (QED) is 0.368. The smallest absolute Gasteiger partial charge is 0.410 e. The fourth-order valence-electron chi connectivity index (χ4n) is 3.05. The maximum absolute atomic E-state index is 12.1. The fourth-order valence-corrected chi connectivity index (χ4v) is 3.05. The van der Waals surface area contributed by atoms with Gasteiger partial charge in [0.05, 0.1) is 18.7 Å². The molecule has 176 valence electrons. The molecule has 0 saturated carbocycles. The maximum Gasteiger partial charge on any atom is 0.410 e. The van der Waals surface area contributed by atoms with E-state index in [2.05, 4.69) is 15.3 Å². The lowest BCUT2D eigenvalue weighted by atomic mass is 10.2. The number of carboxylic acid groups (broad SMARTS) is 1. The lowest BCUT2D eigenvalue weighted by Gasteiger charge is -2.35. The predicted molar refractivity (Wildman–Crippen MR) is 120 cm³/mol. The van der Waals surface area contributed by atoms with Crippen molar-refractivity contribution in [3.05, 3.63) is 36.2 Å². The number of amides is 1. The first-order valence-corrected chi connectivity index (χ1v) is 10.6. The van der Waals surface area contributed by atoms with E-state index in [4.69, 9.17) is 20.1 Å². The van der Waals surface area contributed by atoms with Crippen molar-refractivity contribution in [3.63, 3.8) is 0 Å². The molecule has 2 rings (SSSR count). The van der Waals surface area contributed by atoms with Crippen molar-refractivity contribution in [1.29, 1.82) is 5.53 Å². The van der Waals surface area contributed by atoms with Crippen molar-refractivity contribution in [1.82, 2.24) is 9.80 Å². The molecule has 10 nitrogen and oxygen atoms in total. The van der Waals surface area contributed by atoms with E-state index in [9.17, 15) is 9.59 Å². The van der Waals surface area contributed by atoms with Crippen molar-refractivity contribution in [2.75, 3.05) is 44.6 Å². The van der Waals surface area contributed by atoms with Gasteiger partial charge in [-0.1, -0.05) is 0 Å². The van der Waals surface area contributed by atoms with Crippen LogP contribution in [0.1, 0.15) is 33.6 Å². The third-order valence-electron chi connectivity index (χ3n) is 4.65. The van der Waals surface area contributed by atoms with Crippen LogP contribution in [0.4, 0.5) is 10.5 Å². The van der Waals surface area contributed by atoms with E-state index in [1.54, 1.807) is 4.90 Å². The van der Waals surface area contributed by atoms with E-state index in [1.165, 1.54) is 6.20 Å². The van der Waals surface area contributed by atoms with E-state index < -0.39 is 11.6 Å². The van der Waals surface area contributed by atoms with Gasteiger partial charge in [0.1, 0.15) is 11.4 Å². The summed E-state index contributed by atoms with van der Waals surface area (Å²) in [5.41, 5.74) is 7.39. The van der Waals surface area contributed by atoms with Crippen LogP contribution in [-0.4, -0.2) is 71.9 Å². The van der Waals surface area contributed by atoms with Gasteiger partial charge in [0.25, 0.3) is 0 Å². The Morgan fingerprint density at radius 3 is 2.41 bits per heavy atom. The zero-order chi connectivity index (χ0) is 23.6. The lowest BCUT2D eigenvalue weighted by Crippen LogP contribution is -2.50. The van der Waals surface area contributed by atoms with Gasteiger partial charge in [-0.15, -0.1) is 0 Å². The molecule has 0 bridgehead atoms. The third-order valence-corrected chi connectivity index (χ3v) is 4.65. The molecule has 3 N–H and O–H groups in total. The van der Waals surface area contributed by atoms with E-state index in [-0.39, 0.29) is 18.2 Å². The molecule has 1 saturated heterocycles. The molecule has 1 fully saturated rings. The van der Waals surface area contributed by atoms with Crippen LogP contribution in [-0.2, 0) is 9.53 Å². The minimum absolute atomic E-state index is 0.129. The number of piperazine rings is 1. The van der Waals surface area contributed by atoms with Crippen LogP contribution in [0.2, 0.25) is 0 Å². The molecular formula is C22H33N5O5. The highest BCUT2D eigenvalue weighted by Gasteiger charge is 2.25. The molecule has 0 aromatic heterocycles. The molecule has 1 aromatic carbocycles. The molecule has 0 atom stereocenters. The van der Waals surface area contributed by atoms with Crippen LogP contribution in [0, 0.1) is 5.53 Å². The molecule has 0 spiro atoms. The summed E-state index contributed by atoms with van der Waals surface area (Å²) in [5, 5.41) is 14.9. The fraction of sp³-hybridized carbons (Fsp3) is 0.545. The van der Waals surface area contributed by atoms with Crippen molar-refractivity contribution >= 4 is 17.7 Å². The number of aliphatic carboxylic acids is 1. The Morgan fingerprint density at radius 2 is 1.84 bits per heavy atom. The van der Waals surface area contributed by atoms with Gasteiger partial charge in [-0.25, -0.2) is 10.3 Å². The van der Waals surface area contributed by atoms with Crippen molar-refractivity contribution in [2.24, 2.45) is 5.11 Å². The van der Waals surface area contributed by atoms with E-state index in [0.717, 1.165) is 37.5 Å². The molecule has 1 aromatic rings. The number of carbonyl (C=O) groups is 2. The van der Waals surface area contributed by atoms with Gasteiger partial charge in [-0.3, -0.25) is 9.69 Å². The number of hydrogen-bond donors (Lipinski definition) is 3. The monoisotopic (exact) mass is 447 g/mol. The third kappa shape index (κ3) is 9.34. The molecule has 1 heterocycles. The summed E-state index contributed by atoms with van der Waals surface area (Å²) in [6, 6.07) is 7.27. The Hall–Kier alpha value is -3.14. The minimum Gasteiger partial charge on any atom is -0.494 e. The van der Waals surface area contributed by atoms with Gasteiger partial charge in [-0.05, 0) is 51.5 Å². The largest absolute Gasteiger partial charge is 0.494 e. The number of anilines is 1. The zero-order valence-corrected chi connectivity index (χ0v) is 19.0. The highest BCUT2D eigenvalue weighted by molar-refractivity contribution is 5.70. The first-order chi connectivity index (χ1) is 15.2. The normalized spacial score (nSPS) is 15.2. The van der Waals surface area contributed by atoms with Crippen molar-refractivity contribution in [3.8, 4) is 5.75 Å².